The van der Waals surface area contributed by atoms with Crippen molar-refractivity contribution in [2.24, 2.45) is 0 Å². The zero-order chi connectivity index (χ0) is 21.0. The number of amides is 2. The second-order valence-corrected chi connectivity index (χ2v) is 11.3. The maximum absolute atomic E-state index is 12.8. The van der Waals surface area contributed by atoms with Gasteiger partial charge in [0.25, 0.3) is 15.9 Å². The fourth-order valence-electron chi connectivity index (χ4n) is 2.78. The summed E-state index contributed by atoms with van der Waals surface area (Å²) in [7, 11) is -3.55. The predicted molar refractivity (Wildman–Crippen MR) is 117 cm³/mol. The summed E-state index contributed by atoms with van der Waals surface area (Å²) < 4.78 is 27.3. The van der Waals surface area contributed by atoms with Crippen LogP contribution in [0.1, 0.15) is 20.8 Å². The number of nitrogens with one attached hydrogen (secondary N) is 2. The average Bonchev–Trinajstić information content (AvgIpc) is 3.08. The van der Waals surface area contributed by atoms with Gasteiger partial charge in [-0.2, -0.15) is 16.1 Å². The van der Waals surface area contributed by atoms with Gasteiger partial charge in [0, 0.05) is 35.0 Å². The third kappa shape index (κ3) is 5.39. The topological polar surface area (TPSA) is 95.6 Å². The number of thioether (sulfide) groups is 1. The third-order valence-electron chi connectivity index (χ3n) is 4.46. The number of sulfonamides is 1. The lowest BCUT2D eigenvalue weighted by Gasteiger charge is -2.24. The highest BCUT2D eigenvalue weighted by Crippen LogP contribution is 2.32. The van der Waals surface area contributed by atoms with E-state index >= 15 is 0 Å². The van der Waals surface area contributed by atoms with Gasteiger partial charge in [-0.1, -0.05) is 17.7 Å². The van der Waals surface area contributed by atoms with Crippen LogP contribution in [0.2, 0.25) is 0 Å². The Kier molecular flexibility index (Phi) is 6.99. The molecule has 0 spiro atoms. The summed E-state index contributed by atoms with van der Waals surface area (Å²) in [6.45, 7) is 4.48. The Morgan fingerprint density at radius 3 is 2.41 bits per heavy atom. The molecule has 1 aliphatic heterocycles. The lowest BCUT2D eigenvalue weighted by molar-refractivity contribution is -0.115. The SMILES string of the molecule is Cc1ccc(C(=O)NCC(=O)Nc2cc(S(=O)(=O)N3CCSCC3)sc2C)cc1. The van der Waals surface area contributed by atoms with E-state index in [0.717, 1.165) is 28.4 Å². The maximum Gasteiger partial charge on any atom is 0.252 e. The average molecular weight is 454 g/mol. The number of carbonyl (C=O) groups excluding carboxylic acids is 2. The lowest BCUT2D eigenvalue weighted by Crippen LogP contribution is -2.37. The number of nitrogens with zero attached hydrogens (tertiary/aromatic N) is 1. The van der Waals surface area contributed by atoms with Crippen molar-refractivity contribution in [1.29, 1.82) is 0 Å². The quantitative estimate of drug-likeness (QED) is 0.701. The maximum atomic E-state index is 12.8. The molecule has 156 valence electrons. The van der Waals surface area contributed by atoms with Crippen LogP contribution in [-0.4, -0.2) is 55.7 Å². The van der Waals surface area contributed by atoms with Crippen LogP contribution in [0.4, 0.5) is 5.69 Å². The summed E-state index contributed by atoms with van der Waals surface area (Å²) in [5, 5.41) is 5.26. The van der Waals surface area contributed by atoms with E-state index < -0.39 is 15.9 Å². The molecule has 0 unspecified atom stereocenters. The van der Waals surface area contributed by atoms with E-state index in [1.165, 1.54) is 10.4 Å². The van der Waals surface area contributed by atoms with Crippen molar-refractivity contribution >= 4 is 50.6 Å². The van der Waals surface area contributed by atoms with E-state index in [9.17, 15) is 18.0 Å². The molecule has 29 heavy (non-hydrogen) atoms. The van der Waals surface area contributed by atoms with Gasteiger partial charge in [0.1, 0.15) is 4.21 Å². The molecule has 10 heteroatoms. The van der Waals surface area contributed by atoms with Crippen molar-refractivity contribution in [1.82, 2.24) is 9.62 Å². The molecular formula is C19H23N3O4S3. The number of carbonyl (C=O) groups is 2. The van der Waals surface area contributed by atoms with Crippen molar-refractivity contribution in [2.45, 2.75) is 18.1 Å². The molecule has 7 nitrogen and oxygen atoms in total. The summed E-state index contributed by atoms with van der Waals surface area (Å²) in [5.41, 5.74) is 1.97. The second kappa shape index (κ2) is 9.29. The third-order valence-corrected chi connectivity index (χ3v) is 8.80. The van der Waals surface area contributed by atoms with Gasteiger partial charge in [-0.15, -0.1) is 11.3 Å². The van der Waals surface area contributed by atoms with Gasteiger partial charge in [-0.3, -0.25) is 9.59 Å². The highest BCUT2D eigenvalue weighted by Gasteiger charge is 2.28. The largest absolute Gasteiger partial charge is 0.343 e. The smallest absolute Gasteiger partial charge is 0.252 e. The number of hydrogen-bond acceptors (Lipinski definition) is 6. The van der Waals surface area contributed by atoms with E-state index in [-0.39, 0.29) is 16.7 Å². The van der Waals surface area contributed by atoms with Gasteiger partial charge < -0.3 is 10.6 Å². The number of thiophene rings is 1. The summed E-state index contributed by atoms with van der Waals surface area (Å²) >= 11 is 2.88. The lowest BCUT2D eigenvalue weighted by atomic mass is 10.1. The molecule has 1 saturated heterocycles. The standard InChI is InChI=1S/C19H23N3O4S3/c1-13-3-5-15(6-4-13)19(24)20-12-17(23)21-16-11-18(28-14(16)2)29(25,26)22-7-9-27-10-8-22/h3-6,11H,7-10,12H2,1-2H3,(H,20,24)(H,21,23). The minimum absolute atomic E-state index is 0.201. The van der Waals surface area contributed by atoms with E-state index in [1.54, 1.807) is 30.8 Å². The Morgan fingerprint density at radius 2 is 1.76 bits per heavy atom. The number of rotatable bonds is 6. The highest BCUT2D eigenvalue weighted by molar-refractivity contribution is 7.99. The molecular weight excluding hydrogens is 430 g/mol. The van der Waals surface area contributed by atoms with Crippen LogP contribution in [0.3, 0.4) is 0 Å². The molecule has 1 aliphatic rings. The number of anilines is 1. The molecule has 1 aromatic heterocycles. The summed E-state index contributed by atoms with van der Waals surface area (Å²) in [5.74, 6) is 0.819. The normalized spacial score (nSPS) is 15.1. The molecule has 1 fully saturated rings. The molecule has 2 aromatic rings. The zero-order valence-corrected chi connectivity index (χ0v) is 18.7. The fraction of sp³-hybridized carbons (Fsp3) is 0.368. The summed E-state index contributed by atoms with van der Waals surface area (Å²) in [6.07, 6.45) is 0. The van der Waals surface area contributed by atoms with Crippen LogP contribution in [0.15, 0.2) is 34.5 Å². The minimum Gasteiger partial charge on any atom is -0.343 e. The fourth-order valence-corrected chi connectivity index (χ4v) is 6.91. The van der Waals surface area contributed by atoms with Gasteiger partial charge in [0.05, 0.1) is 12.2 Å². The van der Waals surface area contributed by atoms with Gasteiger partial charge in [-0.05, 0) is 32.0 Å². The highest BCUT2D eigenvalue weighted by atomic mass is 32.2. The summed E-state index contributed by atoms with van der Waals surface area (Å²) in [4.78, 5) is 25.0. The number of aryl methyl sites for hydroxylation is 2. The summed E-state index contributed by atoms with van der Waals surface area (Å²) in [6, 6.07) is 8.54. The first-order valence-corrected chi connectivity index (χ1v) is 12.5. The first-order valence-electron chi connectivity index (χ1n) is 9.10. The van der Waals surface area contributed by atoms with Crippen LogP contribution in [-0.2, 0) is 14.8 Å². The second-order valence-electron chi connectivity index (χ2n) is 6.65. The van der Waals surface area contributed by atoms with Gasteiger partial charge in [0.15, 0.2) is 0 Å². The van der Waals surface area contributed by atoms with Crippen molar-refractivity contribution in [3.8, 4) is 0 Å². The molecule has 0 bridgehead atoms. The molecule has 0 aliphatic carbocycles. The molecule has 3 rings (SSSR count). The van der Waals surface area contributed by atoms with Crippen LogP contribution in [0.5, 0.6) is 0 Å². The predicted octanol–water partition coefficient (Wildman–Crippen LogP) is 2.47. The zero-order valence-electron chi connectivity index (χ0n) is 16.2. The molecule has 1 aromatic carbocycles. The first-order chi connectivity index (χ1) is 13.8. The van der Waals surface area contributed by atoms with E-state index in [0.29, 0.717) is 29.2 Å². The number of benzene rings is 1. The van der Waals surface area contributed by atoms with Gasteiger partial charge >= 0.3 is 0 Å². The molecule has 0 saturated carbocycles. The van der Waals surface area contributed by atoms with Crippen LogP contribution < -0.4 is 10.6 Å². The van der Waals surface area contributed by atoms with Crippen molar-refractivity contribution < 1.29 is 18.0 Å². The molecule has 0 atom stereocenters. The molecule has 2 amide bonds. The molecule has 0 radical (unpaired) electrons. The van der Waals surface area contributed by atoms with Crippen LogP contribution in [0.25, 0.3) is 0 Å². The van der Waals surface area contributed by atoms with Crippen molar-refractivity contribution in [2.75, 3.05) is 36.5 Å². The van der Waals surface area contributed by atoms with Crippen molar-refractivity contribution in [3.63, 3.8) is 0 Å². The Bertz CT molecular complexity index is 994. The Balaban J connectivity index is 1.60. The Morgan fingerprint density at radius 1 is 1.10 bits per heavy atom. The number of hydrogen-bond donors (Lipinski definition) is 2. The molecule has 2 heterocycles. The molecule has 2 N–H and O–H groups in total. The van der Waals surface area contributed by atoms with Crippen LogP contribution in [0, 0.1) is 13.8 Å². The monoisotopic (exact) mass is 453 g/mol. The van der Waals surface area contributed by atoms with E-state index in [1.807, 2.05) is 19.1 Å². The van der Waals surface area contributed by atoms with E-state index in [4.69, 9.17) is 0 Å². The Labute approximate surface area is 178 Å². The van der Waals surface area contributed by atoms with Crippen molar-refractivity contribution in [3.05, 3.63) is 46.3 Å². The minimum atomic E-state index is -3.55. The van der Waals surface area contributed by atoms with Gasteiger partial charge in [-0.25, -0.2) is 8.42 Å². The van der Waals surface area contributed by atoms with E-state index in [2.05, 4.69) is 10.6 Å². The van der Waals surface area contributed by atoms with Crippen LogP contribution >= 0.6 is 23.1 Å². The van der Waals surface area contributed by atoms with Gasteiger partial charge in [0.2, 0.25) is 5.91 Å². The first kappa shape index (κ1) is 21.8. The Hall–Kier alpha value is -1.88.